The quantitative estimate of drug-likeness (QED) is 0.764. The molecular weight excluding hydrogens is 304 g/mol. The number of amides is 1. The molecule has 7 heteroatoms. The number of aromatic nitrogens is 2. The van der Waals surface area contributed by atoms with Crippen LogP contribution in [0.4, 0.5) is 5.82 Å². The molecule has 2 N–H and O–H groups in total. The number of hydrogen-bond donors (Lipinski definition) is 2. The predicted molar refractivity (Wildman–Crippen MR) is 85.0 cm³/mol. The largest absolute Gasteiger partial charge is 0.383 e. The maximum absolute atomic E-state index is 11.9. The highest BCUT2D eigenvalue weighted by Gasteiger charge is 2.08. The summed E-state index contributed by atoms with van der Waals surface area (Å²) < 4.78 is 4.88. The Labute approximate surface area is 133 Å². The molecular formula is C15H17ClN4O2. The molecule has 0 aliphatic heterocycles. The van der Waals surface area contributed by atoms with Crippen LogP contribution < -0.4 is 10.6 Å². The van der Waals surface area contributed by atoms with Crippen molar-refractivity contribution in [2.75, 3.05) is 25.6 Å². The van der Waals surface area contributed by atoms with Gasteiger partial charge in [0.15, 0.2) is 0 Å². The molecule has 116 valence electrons. The molecule has 0 saturated carbocycles. The van der Waals surface area contributed by atoms with E-state index in [1.54, 1.807) is 13.2 Å². The van der Waals surface area contributed by atoms with Gasteiger partial charge in [-0.3, -0.25) is 4.79 Å². The molecule has 6 nitrogen and oxygen atoms in total. The average molecular weight is 321 g/mol. The number of nitrogens with zero attached hydrogens (tertiary/aromatic N) is 2. The number of methoxy groups -OCH3 is 1. The van der Waals surface area contributed by atoms with Crippen molar-refractivity contribution in [2.45, 2.75) is 6.54 Å². The fraction of sp³-hybridized carbons (Fsp3) is 0.267. The number of carbonyl (C=O) groups excluding carboxylic acids is 1. The normalized spacial score (nSPS) is 10.3. The maximum Gasteiger partial charge on any atom is 0.270 e. The van der Waals surface area contributed by atoms with Crippen molar-refractivity contribution in [3.63, 3.8) is 0 Å². The van der Waals surface area contributed by atoms with Gasteiger partial charge < -0.3 is 15.4 Å². The number of carbonyl (C=O) groups is 1. The zero-order chi connectivity index (χ0) is 15.8. The first-order chi connectivity index (χ1) is 10.7. The van der Waals surface area contributed by atoms with Crippen molar-refractivity contribution in [1.82, 2.24) is 15.3 Å². The van der Waals surface area contributed by atoms with Crippen LogP contribution in [0.2, 0.25) is 5.02 Å². The van der Waals surface area contributed by atoms with Crippen LogP contribution in [0.5, 0.6) is 0 Å². The highest BCUT2D eigenvalue weighted by molar-refractivity contribution is 6.31. The molecule has 0 unspecified atom stereocenters. The lowest BCUT2D eigenvalue weighted by Crippen LogP contribution is -2.27. The predicted octanol–water partition coefficient (Wildman–Crippen LogP) is 2.12. The lowest BCUT2D eigenvalue weighted by molar-refractivity contribution is 0.0932. The molecule has 0 spiro atoms. The maximum atomic E-state index is 11.9. The molecule has 0 aliphatic rings. The number of hydrogen-bond acceptors (Lipinski definition) is 5. The standard InChI is InChI=1S/C15H17ClN4O2/c1-22-7-6-17-15(21)13-8-14(20-10-19-13)18-9-11-4-2-3-5-12(11)16/h2-5,8,10H,6-7,9H2,1H3,(H,17,21)(H,18,19,20). The summed E-state index contributed by atoms with van der Waals surface area (Å²) in [5.41, 5.74) is 1.25. The fourth-order valence-electron chi connectivity index (χ4n) is 1.76. The molecule has 1 amide bonds. The van der Waals surface area contributed by atoms with Gasteiger partial charge in [0.1, 0.15) is 17.8 Å². The van der Waals surface area contributed by atoms with E-state index >= 15 is 0 Å². The molecule has 0 saturated heterocycles. The number of anilines is 1. The van der Waals surface area contributed by atoms with Crippen LogP contribution in [0.3, 0.4) is 0 Å². The fourth-order valence-corrected chi connectivity index (χ4v) is 1.97. The first kappa shape index (κ1) is 16.2. The Balaban J connectivity index is 1.96. The van der Waals surface area contributed by atoms with Gasteiger partial charge in [-0.2, -0.15) is 0 Å². The minimum absolute atomic E-state index is 0.264. The van der Waals surface area contributed by atoms with Crippen molar-refractivity contribution >= 4 is 23.3 Å². The Morgan fingerprint density at radius 1 is 1.32 bits per heavy atom. The van der Waals surface area contributed by atoms with Crippen LogP contribution >= 0.6 is 11.6 Å². The van der Waals surface area contributed by atoms with Crippen LogP contribution in [0, 0.1) is 0 Å². The van der Waals surface area contributed by atoms with E-state index in [-0.39, 0.29) is 5.91 Å². The number of ether oxygens (including phenoxy) is 1. The van der Waals surface area contributed by atoms with E-state index in [0.29, 0.717) is 36.2 Å². The van der Waals surface area contributed by atoms with Crippen LogP contribution in [0.25, 0.3) is 0 Å². The van der Waals surface area contributed by atoms with E-state index in [0.717, 1.165) is 5.56 Å². The van der Waals surface area contributed by atoms with Crippen molar-refractivity contribution in [1.29, 1.82) is 0 Å². The molecule has 0 fully saturated rings. The Morgan fingerprint density at radius 3 is 2.91 bits per heavy atom. The molecule has 1 aromatic carbocycles. The molecule has 22 heavy (non-hydrogen) atoms. The summed E-state index contributed by atoms with van der Waals surface area (Å²) in [7, 11) is 1.58. The first-order valence-corrected chi connectivity index (χ1v) is 7.15. The number of nitrogens with one attached hydrogen (secondary N) is 2. The van der Waals surface area contributed by atoms with Gasteiger partial charge in [0.2, 0.25) is 0 Å². The highest BCUT2D eigenvalue weighted by atomic mass is 35.5. The van der Waals surface area contributed by atoms with E-state index in [1.165, 1.54) is 6.33 Å². The number of halogens is 1. The molecule has 0 aliphatic carbocycles. The van der Waals surface area contributed by atoms with Gasteiger partial charge in [-0.1, -0.05) is 29.8 Å². The zero-order valence-electron chi connectivity index (χ0n) is 12.2. The summed E-state index contributed by atoms with van der Waals surface area (Å²) >= 11 is 6.09. The number of rotatable bonds is 7. The molecule has 0 bridgehead atoms. The van der Waals surface area contributed by atoms with Gasteiger partial charge in [-0.05, 0) is 11.6 Å². The van der Waals surface area contributed by atoms with Gasteiger partial charge in [0, 0.05) is 31.3 Å². The summed E-state index contributed by atoms with van der Waals surface area (Å²) in [6, 6.07) is 9.14. The lowest BCUT2D eigenvalue weighted by atomic mass is 10.2. The van der Waals surface area contributed by atoms with Crippen LogP contribution in [-0.2, 0) is 11.3 Å². The van der Waals surface area contributed by atoms with Gasteiger partial charge in [0.25, 0.3) is 5.91 Å². The van der Waals surface area contributed by atoms with E-state index in [4.69, 9.17) is 16.3 Å². The van der Waals surface area contributed by atoms with Gasteiger partial charge in [0.05, 0.1) is 6.61 Å². The van der Waals surface area contributed by atoms with E-state index in [1.807, 2.05) is 24.3 Å². The molecule has 1 heterocycles. The molecule has 2 rings (SSSR count). The first-order valence-electron chi connectivity index (χ1n) is 6.77. The van der Waals surface area contributed by atoms with Crippen molar-refractivity contribution in [3.05, 3.63) is 52.9 Å². The Morgan fingerprint density at radius 2 is 2.14 bits per heavy atom. The summed E-state index contributed by atoms with van der Waals surface area (Å²) in [6.45, 7) is 1.40. The van der Waals surface area contributed by atoms with Crippen LogP contribution in [-0.4, -0.2) is 36.1 Å². The van der Waals surface area contributed by atoms with Crippen LogP contribution in [0.1, 0.15) is 16.1 Å². The third kappa shape index (κ3) is 4.68. The summed E-state index contributed by atoms with van der Waals surface area (Å²) in [4.78, 5) is 19.9. The molecule has 1 aromatic heterocycles. The van der Waals surface area contributed by atoms with Crippen molar-refractivity contribution in [2.24, 2.45) is 0 Å². The van der Waals surface area contributed by atoms with Crippen molar-refractivity contribution in [3.8, 4) is 0 Å². The highest BCUT2D eigenvalue weighted by Crippen LogP contribution is 2.16. The SMILES string of the molecule is COCCNC(=O)c1cc(NCc2ccccc2Cl)ncn1. The summed E-state index contributed by atoms with van der Waals surface area (Å²) in [6.07, 6.45) is 1.35. The Hall–Kier alpha value is -2.18. The molecule has 2 aromatic rings. The third-order valence-electron chi connectivity index (χ3n) is 2.91. The van der Waals surface area contributed by atoms with E-state index in [2.05, 4.69) is 20.6 Å². The zero-order valence-corrected chi connectivity index (χ0v) is 12.9. The second-order valence-corrected chi connectivity index (χ2v) is 4.89. The molecule has 0 radical (unpaired) electrons. The Kier molecular flexibility index (Phi) is 6.12. The monoisotopic (exact) mass is 320 g/mol. The summed E-state index contributed by atoms with van der Waals surface area (Å²) in [5, 5.41) is 6.51. The smallest absolute Gasteiger partial charge is 0.270 e. The lowest BCUT2D eigenvalue weighted by Gasteiger charge is -2.08. The minimum atomic E-state index is -0.264. The van der Waals surface area contributed by atoms with Gasteiger partial charge in [-0.25, -0.2) is 9.97 Å². The van der Waals surface area contributed by atoms with Crippen LogP contribution in [0.15, 0.2) is 36.7 Å². The third-order valence-corrected chi connectivity index (χ3v) is 3.28. The minimum Gasteiger partial charge on any atom is -0.383 e. The van der Waals surface area contributed by atoms with E-state index < -0.39 is 0 Å². The molecule has 0 atom stereocenters. The Bertz CT molecular complexity index is 636. The average Bonchev–Trinajstić information content (AvgIpc) is 2.54. The van der Waals surface area contributed by atoms with Crippen molar-refractivity contribution < 1.29 is 9.53 Å². The second-order valence-electron chi connectivity index (χ2n) is 4.48. The second kappa shape index (κ2) is 8.31. The van der Waals surface area contributed by atoms with Gasteiger partial charge >= 0.3 is 0 Å². The van der Waals surface area contributed by atoms with E-state index in [9.17, 15) is 4.79 Å². The van der Waals surface area contributed by atoms with Gasteiger partial charge in [-0.15, -0.1) is 0 Å². The topological polar surface area (TPSA) is 76.1 Å². The summed E-state index contributed by atoms with van der Waals surface area (Å²) in [5.74, 6) is 0.298. The number of benzene rings is 1.